The first-order chi connectivity index (χ1) is 16.9. The first-order valence-corrected chi connectivity index (χ1v) is 11.4. The third-order valence-electron chi connectivity index (χ3n) is 3.57. The molecule has 210 valence electrons. The largest absolute Gasteiger partial charge is 1.00 e. The van der Waals surface area contributed by atoms with Crippen LogP contribution >= 0.6 is 7.82 Å². The fraction of sp³-hybridized carbons (Fsp3) is 0.412. The van der Waals surface area contributed by atoms with E-state index in [0.29, 0.717) is 11.4 Å². The third-order valence-corrected chi connectivity index (χ3v) is 3.57. The first-order valence-electron chi connectivity index (χ1n) is 9.82. The molecule has 0 amide bonds. The second-order valence-electron chi connectivity index (χ2n) is 6.79. The molecule has 2 aromatic heterocycles. The number of aromatic nitrogens is 4. The Labute approximate surface area is 237 Å². The van der Waals surface area contributed by atoms with Crippen LogP contribution in [0, 0.1) is 0 Å². The average Bonchev–Trinajstić information content (AvgIpc) is 3.45. The maximum Gasteiger partial charge on any atom is 1.00 e. The van der Waals surface area contributed by atoms with E-state index in [0.717, 1.165) is 0 Å². The van der Waals surface area contributed by atoms with Gasteiger partial charge >= 0.3 is 55.3 Å². The zero-order chi connectivity index (χ0) is 29.2. The van der Waals surface area contributed by atoms with E-state index in [1.165, 1.54) is 12.7 Å². The van der Waals surface area contributed by atoms with Gasteiger partial charge in [0.15, 0.2) is 0 Å². The molecular weight excluding hydrogens is 548 g/mol. The van der Waals surface area contributed by atoms with Crippen LogP contribution < -0.4 is 51.9 Å². The van der Waals surface area contributed by atoms with Crippen molar-refractivity contribution in [1.82, 2.24) is 19.9 Å². The Balaban J connectivity index is -0.000000440. The van der Waals surface area contributed by atoms with Crippen LogP contribution in [0.5, 0.6) is 0 Å². The zero-order valence-electron chi connectivity index (χ0n) is 20.1. The number of aromatic amines is 2. The number of nitrogens with zero attached hydrogens (tertiary/aromatic N) is 2. The van der Waals surface area contributed by atoms with E-state index in [2.05, 4.69) is 19.9 Å². The fourth-order valence-corrected chi connectivity index (χ4v) is 1.83. The summed E-state index contributed by atoms with van der Waals surface area (Å²) < 4.78 is 8.88. The summed E-state index contributed by atoms with van der Waals surface area (Å²) >= 11 is 0. The summed E-state index contributed by atoms with van der Waals surface area (Å²) in [6.07, 6.45) is 6.43. The number of carbonyl (C=O) groups excluding carboxylic acids is 1. The molecule has 0 bridgehead atoms. The quantitative estimate of drug-likeness (QED) is 0.0922. The van der Waals surface area contributed by atoms with Crippen LogP contribution in [0.1, 0.15) is 24.2 Å². The Morgan fingerprint density at radius 1 is 0.842 bits per heavy atom. The molecule has 0 aliphatic rings. The Kier molecular flexibility index (Phi) is 22.3. The third kappa shape index (κ3) is 26.4. The van der Waals surface area contributed by atoms with Crippen molar-refractivity contribution in [2.75, 3.05) is 0 Å². The molecule has 38 heavy (non-hydrogen) atoms. The summed E-state index contributed by atoms with van der Waals surface area (Å²) in [5.74, 6) is -4.46. The number of carboxylic acid groups (broad SMARTS) is 4. The number of hydrogen-bond donors (Lipinski definition) is 11. The molecule has 2 heterocycles. The van der Waals surface area contributed by atoms with Crippen LogP contribution in [-0.2, 0) is 36.6 Å². The van der Waals surface area contributed by atoms with E-state index < -0.39 is 49.8 Å². The Hall–Kier alpha value is -2.71. The number of H-pyrrole nitrogens is 2. The molecule has 0 aliphatic heterocycles. The molecule has 0 saturated carbocycles. The van der Waals surface area contributed by atoms with Crippen LogP contribution in [-0.4, -0.2) is 91.9 Å². The Morgan fingerprint density at radius 3 is 1.47 bits per heavy atom. The number of rotatable bonds is 10. The summed E-state index contributed by atoms with van der Waals surface area (Å²) in [4.78, 5) is 74.9. The van der Waals surface area contributed by atoms with E-state index in [9.17, 15) is 24.3 Å². The van der Waals surface area contributed by atoms with Crippen molar-refractivity contribution in [2.45, 2.75) is 43.8 Å². The minimum atomic E-state index is -4.64. The Morgan fingerprint density at radius 2 is 1.21 bits per heavy atom. The predicted octanol–water partition coefficient (Wildman–Crippen LogP) is -7.27. The molecule has 0 spiro atoms. The number of carbonyl (C=O) groups is 4. The smallest absolute Gasteiger partial charge is 0.548 e. The van der Waals surface area contributed by atoms with Crippen LogP contribution in [0.15, 0.2) is 25.0 Å². The zero-order valence-corrected chi connectivity index (χ0v) is 23.0. The second kappa shape index (κ2) is 21.2. The summed E-state index contributed by atoms with van der Waals surface area (Å²) in [7, 11) is -4.64. The van der Waals surface area contributed by atoms with E-state index in [1.807, 2.05) is 0 Å². The van der Waals surface area contributed by atoms with E-state index in [4.69, 9.17) is 51.8 Å². The van der Waals surface area contributed by atoms with Crippen molar-refractivity contribution in [2.24, 2.45) is 17.2 Å². The maximum absolute atomic E-state index is 10.3. The normalized spacial score (nSPS) is 12.3. The summed E-state index contributed by atoms with van der Waals surface area (Å²) in [6, 6.07) is -2.90. The number of nitrogens with one attached hydrogen (secondary N) is 2. The van der Waals surface area contributed by atoms with Crippen LogP contribution in [0.4, 0.5) is 0 Å². The molecule has 0 unspecified atom stereocenters. The summed E-state index contributed by atoms with van der Waals surface area (Å²) in [5.41, 5.74) is 16.7. The van der Waals surface area contributed by atoms with Crippen molar-refractivity contribution >= 4 is 31.7 Å². The van der Waals surface area contributed by atoms with Crippen LogP contribution in [0.25, 0.3) is 0 Å². The number of aliphatic carboxylic acids is 4. The molecule has 3 atom stereocenters. The Bertz CT molecular complexity index is 927. The molecule has 0 fully saturated rings. The van der Waals surface area contributed by atoms with Gasteiger partial charge < -0.3 is 67.1 Å². The van der Waals surface area contributed by atoms with Gasteiger partial charge in [0.05, 0.1) is 30.0 Å². The van der Waals surface area contributed by atoms with Crippen molar-refractivity contribution in [3.63, 3.8) is 0 Å². The molecule has 2 rings (SSSR count). The molecular formula is C17H29N7NaO12P. The van der Waals surface area contributed by atoms with Crippen molar-refractivity contribution in [3.8, 4) is 0 Å². The molecule has 21 heteroatoms. The number of nitrogens with two attached hydrogens (primary N) is 3. The van der Waals surface area contributed by atoms with Crippen LogP contribution in [0.2, 0.25) is 0 Å². The minimum absolute atomic E-state index is 0. The average molecular weight is 577 g/mol. The first kappa shape index (κ1) is 39.8. The van der Waals surface area contributed by atoms with Gasteiger partial charge in [0, 0.05) is 37.7 Å². The number of carboxylic acids is 4. The molecule has 14 N–H and O–H groups in total. The van der Waals surface area contributed by atoms with Gasteiger partial charge in [-0.3, -0.25) is 14.4 Å². The molecule has 0 aromatic carbocycles. The SMILES string of the molecule is N[C@@H](CCC(=O)O)C(=O)O.N[C@@H](Cc1c[nH]cn1)C(=O)O.N[C@@H](Cc1c[nH]cn1)C(=O)[O-].O=P(O)(O)O.[Na+]. The number of hydrogen-bond acceptors (Lipinski definition) is 11. The van der Waals surface area contributed by atoms with Gasteiger partial charge in [0.1, 0.15) is 12.1 Å². The summed E-state index contributed by atoms with van der Waals surface area (Å²) in [6.45, 7) is 0. The van der Waals surface area contributed by atoms with Gasteiger partial charge in [0.2, 0.25) is 0 Å². The number of imidazole rings is 2. The van der Waals surface area contributed by atoms with Crippen molar-refractivity contribution in [3.05, 3.63) is 36.4 Å². The van der Waals surface area contributed by atoms with Gasteiger partial charge in [-0.25, -0.2) is 14.5 Å². The molecule has 19 nitrogen and oxygen atoms in total. The minimum Gasteiger partial charge on any atom is -0.548 e. The van der Waals surface area contributed by atoms with Gasteiger partial charge in [0.25, 0.3) is 0 Å². The van der Waals surface area contributed by atoms with Crippen LogP contribution in [0.3, 0.4) is 0 Å². The molecule has 0 saturated heterocycles. The standard InChI is InChI=1S/2C6H9N3O2.C5H9NO4.Na.H3O4P/c2*7-5(6(10)11)1-4-2-8-3-9-4;6-3(5(9)10)1-2-4(7)8;;1-5(2,3)4/h2*2-3,5H,1,7H2,(H,8,9)(H,10,11);3H,1-2,6H2,(H,7,8)(H,9,10);;(H3,1,2,3,4)/q;;;+1;/p-1/t2*5-;3-;;/m000../s1. The fourth-order valence-electron chi connectivity index (χ4n) is 1.83. The van der Waals surface area contributed by atoms with Gasteiger partial charge in [-0.1, -0.05) is 0 Å². The van der Waals surface area contributed by atoms with Gasteiger partial charge in [-0.05, 0) is 6.42 Å². The molecule has 0 aliphatic carbocycles. The number of phosphoric acid groups is 1. The summed E-state index contributed by atoms with van der Waals surface area (Å²) in [5, 5.41) is 34.8. The maximum atomic E-state index is 10.3. The predicted molar refractivity (Wildman–Crippen MR) is 120 cm³/mol. The van der Waals surface area contributed by atoms with Crippen molar-refractivity contribution < 1.29 is 88.4 Å². The second-order valence-corrected chi connectivity index (χ2v) is 7.82. The molecule has 0 radical (unpaired) electrons. The van der Waals surface area contributed by atoms with E-state index in [1.54, 1.807) is 12.4 Å². The van der Waals surface area contributed by atoms with Gasteiger partial charge in [-0.15, -0.1) is 0 Å². The topological polar surface area (TPSA) is 365 Å². The van der Waals surface area contributed by atoms with E-state index >= 15 is 0 Å². The van der Waals surface area contributed by atoms with Gasteiger partial charge in [-0.2, -0.15) is 0 Å². The molecule has 2 aromatic rings. The van der Waals surface area contributed by atoms with E-state index in [-0.39, 0.29) is 55.2 Å². The van der Waals surface area contributed by atoms with Crippen molar-refractivity contribution in [1.29, 1.82) is 0 Å². The monoisotopic (exact) mass is 577 g/mol.